The minimum atomic E-state index is 1.11. The summed E-state index contributed by atoms with van der Waals surface area (Å²) in [6.07, 6.45) is 1.98. The van der Waals surface area contributed by atoms with Crippen molar-refractivity contribution in [1.29, 1.82) is 0 Å². The van der Waals surface area contributed by atoms with E-state index in [0.717, 1.165) is 5.03 Å². The van der Waals surface area contributed by atoms with E-state index in [1.165, 1.54) is 0 Å². The Hall–Kier alpha value is -0.440. The van der Waals surface area contributed by atoms with Crippen molar-refractivity contribution in [3.63, 3.8) is 0 Å². The fourth-order valence-electron chi connectivity index (χ4n) is 0.332. The molecule has 1 rings (SSSR count). The van der Waals surface area contributed by atoms with Gasteiger partial charge in [0.1, 0.15) is 0 Å². The smallest absolute Gasteiger partial charge is 0.0906 e. The van der Waals surface area contributed by atoms with Crippen molar-refractivity contribution in [2.24, 2.45) is 5.10 Å². The number of thioether (sulfide) groups is 1. The van der Waals surface area contributed by atoms with Crippen molar-refractivity contribution < 1.29 is 0 Å². The van der Waals surface area contributed by atoms with Crippen LogP contribution in [0.1, 0.15) is 6.92 Å². The molecule has 38 valence electrons. The standard InChI is InChI=1S/C4H6N2S/c1-2-4-6-5-3-7-4/h2-3,6H,1H3/b4-2-. The van der Waals surface area contributed by atoms with E-state index in [1.54, 1.807) is 17.3 Å². The van der Waals surface area contributed by atoms with Gasteiger partial charge in [-0.25, -0.2) is 0 Å². The molecular weight excluding hydrogens is 108 g/mol. The summed E-state index contributed by atoms with van der Waals surface area (Å²) in [7, 11) is 0. The number of allylic oxidation sites excluding steroid dienone is 1. The Labute approximate surface area is 46.7 Å². The van der Waals surface area contributed by atoms with Crippen molar-refractivity contribution in [2.75, 3.05) is 0 Å². The van der Waals surface area contributed by atoms with Crippen LogP contribution in [0.3, 0.4) is 0 Å². The molecule has 0 radical (unpaired) electrons. The predicted octanol–water partition coefficient (Wildman–Crippen LogP) is 1.13. The second kappa shape index (κ2) is 2.02. The fourth-order valence-corrected chi connectivity index (χ4v) is 0.793. The molecule has 2 nitrogen and oxygen atoms in total. The third-order valence-corrected chi connectivity index (χ3v) is 1.46. The SMILES string of the molecule is C/C=C1/NN=CS1. The monoisotopic (exact) mass is 114 g/mol. The van der Waals surface area contributed by atoms with Crippen molar-refractivity contribution >= 4 is 17.3 Å². The lowest BCUT2D eigenvalue weighted by Crippen LogP contribution is -1.92. The molecule has 0 aromatic heterocycles. The summed E-state index contributed by atoms with van der Waals surface area (Å²) in [5.41, 5.74) is 4.57. The van der Waals surface area contributed by atoms with Crippen LogP contribution >= 0.6 is 11.8 Å². The van der Waals surface area contributed by atoms with Crippen LogP contribution in [-0.4, -0.2) is 5.55 Å². The molecule has 0 saturated heterocycles. The highest BCUT2D eigenvalue weighted by molar-refractivity contribution is 8.15. The van der Waals surface area contributed by atoms with Crippen LogP contribution in [0.25, 0.3) is 0 Å². The van der Waals surface area contributed by atoms with E-state index in [-0.39, 0.29) is 0 Å². The largest absolute Gasteiger partial charge is 0.272 e. The quantitative estimate of drug-likeness (QED) is 0.510. The van der Waals surface area contributed by atoms with Gasteiger partial charge in [0, 0.05) is 0 Å². The van der Waals surface area contributed by atoms with Gasteiger partial charge in [-0.3, -0.25) is 5.43 Å². The van der Waals surface area contributed by atoms with Crippen LogP contribution in [0.4, 0.5) is 0 Å². The molecule has 0 saturated carbocycles. The molecule has 1 heterocycles. The van der Waals surface area contributed by atoms with Crippen LogP contribution in [-0.2, 0) is 0 Å². The average molecular weight is 114 g/mol. The molecule has 0 unspecified atom stereocenters. The maximum atomic E-state index is 3.76. The van der Waals surface area contributed by atoms with Crippen LogP contribution in [0.5, 0.6) is 0 Å². The average Bonchev–Trinajstić information content (AvgIpc) is 2.14. The molecular formula is C4H6N2S. The number of hydrogen-bond donors (Lipinski definition) is 1. The summed E-state index contributed by atoms with van der Waals surface area (Å²) in [5.74, 6) is 0. The Balaban J connectivity index is 2.51. The van der Waals surface area contributed by atoms with E-state index >= 15 is 0 Å². The number of rotatable bonds is 0. The molecule has 0 atom stereocenters. The van der Waals surface area contributed by atoms with Gasteiger partial charge in [-0.1, -0.05) is 17.8 Å². The lowest BCUT2D eigenvalue weighted by Gasteiger charge is -1.87. The van der Waals surface area contributed by atoms with Gasteiger partial charge in [0.15, 0.2) is 0 Å². The van der Waals surface area contributed by atoms with Gasteiger partial charge in [0.2, 0.25) is 0 Å². The van der Waals surface area contributed by atoms with Gasteiger partial charge in [-0.15, -0.1) is 0 Å². The summed E-state index contributed by atoms with van der Waals surface area (Å²) in [5, 5.41) is 4.87. The Bertz CT molecular complexity index is 107. The second-order valence-corrected chi connectivity index (χ2v) is 2.00. The van der Waals surface area contributed by atoms with E-state index in [4.69, 9.17) is 0 Å². The van der Waals surface area contributed by atoms with Gasteiger partial charge in [-0.2, -0.15) is 5.10 Å². The topological polar surface area (TPSA) is 24.4 Å². The molecule has 1 aliphatic rings. The molecule has 1 aliphatic heterocycles. The molecule has 0 aliphatic carbocycles. The molecule has 0 bridgehead atoms. The normalized spacial score (nSPS) is 23.3. The Morgan fingerprint density at radius 1 is 2.00 bits per heavy atom. The van der Waals surface area contributed by atoms with E-state index in [9.17, 15) is 0 Å². The zero-order valence-corrected chi connectivity index (χ0v) is 4.83. The van der Waals surface area contributed by atoms with Gasteiger partial charge in [0.25, 0.3) is 0 Å². The number of hydrazone groups is 1. The highest BCUT2D eigenvalue weighted by Crippen LogP contribution is 2.12. The van der Waals surface area contributed by atoms with Crippen molar-refractivity contribution in [3.8, 4) is 0 Å². The molecule has 0 aromatic rings. The summed E-state index contributed by atoms with van der Waals surface area (Å²) >= 11 is 1.60. The third-order valence-electron chi connectivity index (χ3n) is 0.669. The summed E-state index contributed by atoms with van der Waals surface area (Å²) in [4.78, 5) is 0. The minimum Gasteiger partial charge on any atom is -0.272 e. The lowest BCUT2D eigenvalue weighted by molar-refractivity contribution is 0.970. The molecule has 7 heavy (non-hydrogen) atoms. The van der Waals surface area contributed by atoms with Gasteiger partial charge >= 0.3 is 0 Å². The Morgan fingerprint density at radius 3 is 3.14 bits per heavy atom. The first kappa shape index (κ1) is 4.71. The van der Waals surface area contributed by atoms with E-state index in [1.807, 2.05) is 13.0 Å². The summed E-state index contributed by atoms with van der Waals surface area (Å²) in [6, 6.07) is 0. The minimum absolute atomic E-state index is 1.11. The van der Waals surface area contributed by atoms with Crippen molar-refractivity contribution in [1.82, 2.24) is 5.43 Å². The second-order valence-electron chi connectivity index (χ2n) is 1.12. The number of nitrogens with one attached hydrogen (secondary N) is 1. The van der Waals surface area contributed by atoms with Gasteiger partial charge in [0.05, 0.1) is 10.6 Å². The molecule has 1 N–H and O–H groups in total. The summed E-state index contributed by atoms with van der Waals surface area (Å²) < 4.78 is 0. The Morgan fingerprint density at radius 2 is 2.86 bits per heavy atom. The molecule has 0 fully saturated rings. The van der Waals surface area contributed by atoms with Crippen LogP contribution in [0, 0.1) is 0 Å². The third kappa shape index (κ3) is 0.962. The van der Waals surface area contributed by atoms with Crippen LogP contribution < -0.4 is 5.43 Å². The first-order chi connectivity index (χ1) is 3.43. The van der Waals surface area contributed by atoms with Crippen LogP contribution in [0.15, 0.2) is 16.2 Å². The van der Waals surface area contributed by atoms with E-state index < -0.39 is 0 Å². The maximum absolute atomic E-state index is 3.76. The number of hydrogen-bond acceptors (Lipinski definition) is 3. The first-order valence-corrected chi connectivity index (χ1v) is 2.92. The molecule has 0 aromatic carbocycles. The van der Waals surface area contributed by atoms with E-state index in [0.29, 0.717) is 0 Å². The highest BCUT2D eigenvalue weighted by atomic mass is 32.2. The first-order valence-electron chi connectivity index (χ1n) is 2.04. The predicted molar refractivity (Wildman–Crippen MR) is 33.0 cm³/mol. The zero-order chi connectivity index (χ0) is 5.11. The molecule has 0 spiro atoms. The van der Waals surface area contributed by atoms with E-state index in [2.05, 4.69) is 10.5 Å². The van der Waals surface area contributed by atoms with Crippen molar-refractivity contribution in [2.45, 2.75) is 6.92 Å². The van der Waals surface area contributed by atoms with Crippen molar-refractivity contribution in [3.05, 3.63) is 11.1 Å². The van der Waals surface area contributed by atoms with Crippen LogP contribution in [0.2, 0.25) is 0 Å². The summed E-state index contributed by atoms with van der Waals surface area (Å²) in [6.45, 7) is 1.98. The van der Waals surface area contributed by atoms with Gasteiger partial charge < -0.3 is 0 Å². The number of nitrogens with zero attached hydrogens (tertiary/aromatic N) is 1. The highest BCUT2D eigenvalue weighted by Gasteiger charge is 1.95. The molecule has 3 heteroatoms. The molecule has 0 amide bonds. The fraction of sp³-hybridized carbons (Fsp3) is 0.250. The van der Waals surface area contributed by atoms with Gasteiger partial charge in [-0.05, 0) is 6.92 Å². The zero-order valence-electron chi connectivity index (χ0n) is 4.01. The maximum Gasteiger partial charge on any atom is 0.0906 e. The Kier molecular flexibility index (Phi) is 1.36. The lowest BCUT2D eigenvalue weighted by atomic mass is 10.7.